The fourth-order valence-corrected chi connectivity index (χ4v) is 4.89. The maximum absolute atomic E-state index is 5.38. The number of benzene rings is 1. The lowest BCUT2D eigenvalue weighted by atomic mass is 9.83. The maximum Gasteiger partial charge on any atom is 0.193 e. The molecule has 0 radical (unpaired) electrons. The van der Waals surface area contributed by atoms with Gasteiger partial charge in [0.2, 0.25) is 0 Å². The third-order valence-electron chi connectivity index (χ3n) is 6.50. The molecule has 0 saturated carbocycles. The highest BCUT2D eigenvalue weighted by atomic mass is 16.5. The zero-order valence-electron chi connectivity index (χ0n) is 16.9. The van der Waals surface area contributed by atoms with Gasteiger partial charge in [0.1, 0.15) is 0 Å². The molecule has 1 aromatic rings. The van der Waals surface area contributed by atoms with Crippen LogP contribution < -0.4 is 5.32 Å². The van der Waals surface area contributed by atoms with Crippen molar-refractivity contribution in [1.29, 1.82) is 0 Å². The van der Waals surface area contributed by atoms with E-state index in [9.17, 15) is 0 Å². The van der Waals surface area contributed by atoms with Crippen LogP contribution in [-0.2, 0) is 11.3 Å². The Hall–Kier alpha value is -1.59. The number of fused-ring (bicyclic) bond motifs is 1. The van der Waals surface area contributed by atoms with Crippen LogP contribution in [0.5, 0.6) is 0 Å². The predicted octanol–water partition coefficient (Wildman–Crippen LogP) is 2.58. The van der Waals surface area contributed by atoms with Gasteiger partial charge in [-0.25, -0.2) is 0 Å². The van der Waals surface area contributed by atoms with E-state index in [-0.39, 0.29) is 5.41 Å². The molecule has 3 aliphatic heterocycles. The first-order valence-corrected chi connectivity index (χ1v) is 10.5. The molecule has 5 nitrogen and oxygen atoms in total. The number of guanidine groups is 1. The minimum absolute atomic E-state index is 0.269. The summed E-state index contributed by atoms with van der Waals surface area (Å²) in [5.74, 6) is 1.82. The second-order valence-corrected chi connectivity index (χ2v) is 8.86. The molecule has 0 aliphatic carbocycles. The van der Waals surface area contributed by atoms with Crippen LogP contribution in [0, 0.1) is 11.3 Å². The normalized spacial score (nSPS) is 28.4. The molecule has 148 valence electrons. The first kappa shape index (κ1) is 18.8. The Morgan fingerprint density at radius 2 is 2.04 bits per heavy atom. The van der Waals surface area contributed by atoms with Gasteiger partial charge in [-0.1, -0.05) is 37.3 Å². The number of nitrogens with zero attached hydrogens (tertiary/aromatic N) is 3. The van der Waals surface area contributed by atoms with Crippen LogP contribution in [0.3, 0.4) is 0 Å². The number of hydrogen-bond donors (Lipinski definition) is 1. The third-order valence-corrected chi connectivity index (χ3v) is 6.50. The minimum Gasteiger partial charge on any atom is -0.380 e. The largest absolute Gasteiger partial charge is 0.380 e. The second-order valence-electron chi connectivity index (χ2n) is 8.86. The van der Waals surface area contributed by atoms with Gasteiger partial charge in [-0.15, -0.1) is 0 Å². The fourth-order valence-electron chi connectivity index (χ4n) is 4.89. The quantitative estimate of drug-likeness (QED) is 0.653. The standard InChI is InChI=1S/C22H34N4O/c1-22(16-27-17-22)15-24-21(23-2)26-12-10-20-19(14-26)9-6-11-25(20)13-18-7-4-3-5-8-18/h3-5,7-8,19-20H,6,9-17H2,1-2H3,(H,23,24). The van der Waals surface area contributed by atoms with Crippen molar-refractivity contribution in [2.75, 3.05) is 46.4 Å². The average molecular weight is 371 g/mol. The number of hydrogen-bond acceptors (Lipinski definition) is 3. The van der Waals surface area contributed by atoms with Gasteiger partial charge in [0.05, 0.1) is 13.2 Å². The van der Waals surface area contributed by atoms with Crippen LogP contribution in [0.2, 0.25) is 0 Å². The number of likely N-dealkylation sites (tertiary alicyclic amines) is 2. The van der Waals surface area contributed by atoms with Crippen LogP contribution >= 0.6 is 0 Å². The molecule has 27 heavy (non-hydrogen) atoms. The van der Waals surface area contributed by atoms with Crippen LogP contribution in [0.15, 0.2) is 35.3 Å². The summed E-state index contributed by atoms with van der Waals surface area (Å²) >= 11 is 0. The van der Waals surface area contributed by atoms with Gasteiger partial charge in [-0.2, -0.15) is 0 Å². The first-order chi connectivity index (χ1) is 13.2. The van der Waals surface area contributed by atoms with Crippen molar-refractivity contribution in [3.63, 3.8) is 0 Å². The van der Waals surface area contributed by atoms with E-state index in [0.717, 1.165) is 51.3 Å². The molecule has 0 amide bonds. The lowest BCUT2D eigenvalue weighted by Crippen LogP contribution is -2.58. The highest BCUT2D eigenvalue weighted by Crippen LogP contribution is 2.32. The second kappa shape index (κ2) is 8.19. The van der Waals surface area contributed by atoms with E-state index < -0.39 is 0 Å². The van der Waals surface area contributed by atoms with Crippen molar-refractivity contribution < 1.29 is 4.74 Å². The molecule has 3 aliphatic rings. The van der Waals surface area contributed by atoms with E-state index >= 15 is 0 Å². The smallest absolute Gasteiger partial charge is 0.193 e. The number of piperidine rings is 2. The zero-order valence-corrected chi connectivity index (χ0v) is 16.9. The van der Waals surface area contributed by atoms with Crippen LogP contribution in [0.25, 0.3) is 0 Å². The summed E-state index contributed by atoms with van der Waals surface area (Å²) in [5.41, 5.74) is 1.71. The fraction of sp³-hybridized carbons (Fsp3) is 0.682. The molecule has 2 unspecified atom stereocenters. The van der Waals surface area contributed by atoms with Crippen molar-refractivity contribution in [3.8, 4) is 0 Å². The molecule has 0 spiro atoms. The highest BCUT2D eigenvalue weighted by molar-refractivity contribution is 5.80. The summed E-state index contributed by atoms with van der Waals surface area (Å²) < 4.78 is 5.38. The third kappa shape index (κ3) is 4.30. The van der Waals surface area contributed by atoms with Crippen molar-refractivity contribution in [2.45, 2.75) is 38.8 Å². The van der Waals surface area contributed by atoms with Crippen molar-refractivity contribution in [1.82, 2.24) is 15.1 Å². The minimum atomic E-state index is 0.269. The zero-order chi connectivity index (χ0) is 18.7. The molecule has 0 aromatic heterocycles. The Bertz CT molecular complexity index is 643. The van der Waals surface area contributed by atoms with E-state index in [1.54, 1.807) is 0 Å². The van der Waals surface area contributed by atoms with E-state index in [1.165, 1.54) is 31.4 Å². The molecule has 0 bridgehead atoms. The Kier molecular flexibility index (Phi) is 5.69. The van der Waals surface area contributed by atoms with Gasteiger partial charge >= 0.3 is 0 Å². The van der Waals surface area contributed by atoms with Crippen LogP contribution in [0.4, 0.5) is 0 Å². The number of ether oxygens (including phenoxy) is 1. The topological polar surface area (TPSA) is 40.1 Å². The Labute approximate surface area is 163 Å². The summed E-state index contributed by atoms with van der Waals surface area (Å²) in [7, 11) is 1.91. The molecule has 2 atom stereocenters. The molecule has 1 aromatic carbocycles. The van der Waals surface area contributed by atoms with Crippen molar-refractivity contribution >= 4 is 5.96 Å². The Morgan fingerprint density at radius 1 is 1.22 bits per heavy atom. The molecular formula is C22H34N4O. The lowest BCUT2D eigenvalue weighted by Gasteiger charge is -2.48. The molecule has 3 fully saturated rings. The SMILES string of the molecule is CN=C(NCC1(C)COC1)N1CCC2C(CCCN2Cc2ccccc2)C1. The van der Waals surface area contributed by atoms with E-state index in [1.807, 2.05) is 7.05 Å². The molecular weight excluding hydrogens is 336 g/mol. The monoisotopic (exact) mass is 370 g/mol. The predicted molar refractivity (Wildman–Crippen MR) is 110 cm³/mol. The molecule has 5 heteroatoms. The van der Waals surface area contributed by atoms with E-state index in [2.05, 4.69) is 57.4 Å². The van der Waals surface area contributed by atoms with Gasteiger partial charge in [0.25, 0.3) is 0 Å². The van der Waals surface area contributed by atoms with Crippen molar-refractivity contribution in [2.24, 2.45) is 16.3 Å². The van der Waals surface area contributed by atoms with E-state index in [4.69, 9.17) is 4.74 Å². The summed E-state index contributed by atoms with van der Waals surface area (Å²) in [4.78, 5) is 9.78. The molecule has 1 N–H and O–H groups in total. The lowest BCUT2D eigenvalue weighted by molar-refractivity contribution is -0.0973. The van der Waals surface area contributed by atoms with Gasteiger partial charge in [-0.05, 0) is 37.3 Å². The summed E-state index contributed by atoms with van der Waals surface area (Å²) in [5, 5.41) is 3.61. The maximum atomic E-state index is 5.38. The Morgan fingerprint density at radius 3 is 2.74 bits per heavy atom. The van der Waals surface area contributed by atoms with Crippen molar-refractivity contribution in [3.05, 3.63) is 35.9 Å². The first-order valence-electron chi connectivity index (χ1n) is 10.5. The summed E-state index contributed by atoms with van der Waals surface area (Å²) in [6.45, 7) is 9.50. The van der Waals surface area contributed by atoms with Crippen LogP contribution in [-0.4, -0.2) is 68.2 Å². The van der Waals surface area contributed by atoms with Gasteiger partial charge < -0.3 is 15.0 Å². The molecule has 3 saturated heterocycles. The number of rotatable bonds is 4. The number of nitrogens with one attached hydrogen (secondary N) is 1. The molecule has 3 heterocycles. The molecule has 4 rings (SSSR count). The van der Waals surface area contributed by atoms with Gasteiger partial charge in [-0.3, -0.25) is 9.89 Å². The average Bonchev–Trinajstić information content (AvgIpc) is 2.68. The van der Waals surface area contributed by atoms with Gasteiger partial charge in [0, 0.05) is 44.7 Å². The number of aliphatic imine (C=N–C) groups is 1. The Balaban J connectivity index is 1.34. The van der Waals surface area contributed by atoms with E-state index in [0.29, 0.717) is 6.04 Å². The summed E-state index contributed by atoms with van der Waals surface area (Å²) in [6, 6.07) is 11.6. The van der Waals surface area contributed by atoms with Gasteiger partial charge in [0.15, 0.2) is 5.96 Å². The highest BCUT2D eigenvalue weighted by Gasteiger charge is 2.38. The van der Waals surface area contributed by atoms with Crippen LogP contribution in [0.1, 0.15) is 31.7 Å². The summed E-state index contributed by atoms with van der Waals surface area (Å²) in [6.07, 6.45) is 3.89.